The molecule has 0 unspecified atom stereocenters. The highest BCUT2D eigenvalue weighted by Crippen LogP contribution is 2.26. The molecule has 1 amide bonds. The number of halogens is 1. The van der Waals surface area contributed by atoms with Crippen LogP contribution in [0.3, 0.4) is 0 Å². The summed E-state index contributed by atoms with van der Waals surface area (Å²) < 4.78 is 6.24. The zero-order valence-electron chi connectivity index (χ0n) is 13.0. The van der Waals surface area contributed by atoms with Crippen molar-refractivity contribution >= 4 is 38.8 Å². The van der Waals surface area contributed by atoms with E-state index in [0.717, 1.165) is 20.8 Å². The number of rotatable bonds is 4. The van der Waals surface area contributed by atoms with Crippen LogP contribution in [0.5, 0.6) is 5.75 Å². The number of hydrazone groups is 1. The molecule has 1 N–H and O–H groups in total. The second-order valence-electron chi connectivity index (χ2n) is 5.11. The van der Waals surface area contributed by atoms with Crippen LogP contribution < -0.4 is 10.2 Å². The molecule has 120 valence electrons. The van der Waals surface area contributed by atoms with Gasteiger partial charge in [0.1, 0.15) is 5.75 Å². The summed E-state index contributed by atoms with van der Waals surface area (Å²) in [6, 6.07) is 19.0. The predicted octanol–water partition coefficient (Wildman–Crippen LogP) is 4.37. The quantitative estimate of drug-likeness (QED) is 0.537. The lowest BCUT2D eigenvalue weighted by Gasteiger charge is -2.08. The standard InChI is InChI=1S/C19H15BrN2O2/c1-24-18-10-9-13-5-2-3-8-16(13)17(18)12-21-22-19(23)14-6-4-7-15(20)11-14/h2-12H,1H3,(H,22,23)/b21-12-. The molecule has 24 heavy (non-hydrogen) atoms. The normalized spacial score (nSPS) is 10.9. The summed E-state index contributed by atoms with van der Waals surface area (Å²) in [7, 11) is 1.61. The van der Waals surface area contributed by atoms with Gasteiger partial charge in [-0.25, -0.2) is 5.43 Å². The van der Waals surface area contributed by atoms with Crippen molar-refractivity contribution in [1.29, 1.82) is 0 Å². The van der Waals surface area contributed by atoms with Gasteiger partial charge in [0.15, 0.2) is 0 Å². The smallest absolute Gasteiger partial charge is 0.271 e. The molecule has 0 spiro atoms. The van der Waals surface area contributed by atoms with Crippen molar-refractivity contribution in [2.45, 2.75) is 0 Å². The predicted molar refractivity (Wildman–Crippen MR) is 99.7 cm³/mol. The van der Waals surface area contributed by atoms with Crippen molar-refractivity contribution in [2.75, 3.05) is 7.11 Å². The van der Waals surface area contributed by atoms with Crippen molar-refractivity contribution in [2.24, 2.45) is 5.10 Å². The Hall–Kier alpha value is -2.66. The molecular formula is C19H15BrN2O2. The number of carbonyl (C=O) groups is 1. The average Bonchev–Trinajstić information content (AvgIpc) is 2.61. The average molecular weight is 383 g/mol. The minimum Gasteiger partial charge on any atom is -0.496 e. The zero-order valence-corrected chi connectivity index (χ0v) is 14.6. The first kappa shape index (κ1) is 16.2. The molecule has 0 saturated heterocycles. The van der Waals surface area contributed by atoms with E-state index in [4.69, 9.17) is 4.74 Å². The molecule has 0 fully saturated rings. The number of hydrogen-bond acceptors (Lipinski definition) is 3. The monoisotopic (exact) mass is 382 g/mol. The lowest BCUT2D eigenvalue weighted by atomic mass is 10.0. The summed E-state index contributed by atoms with van der Waals surface area (Å²) in [5, 5.41) is 6.18. The third kappa shape index (κ3) is 3.46. The lowest BCUT2D eigenvalue weighted by Crippen LogP contribution is -2.17. The number of hydrogen-bond donors (Lipinski definition) is 1. The van der Waals surface area contributed by atoms with Crippen LogP contribution in [0, 0.1) is 0 Å². The van der Waals surface area contributed by atoms with E-state index in [1.54, 1.807) is 31.5 Å². The third-order valence-electron chi connectivity index (χ3n) is 3.60. The van der Waals surface area contributed by atoms with Crippen LogP contribution in [0.15, 0.2) is 70.2 Å². The van der Waals surface area contributed by atoms with Crippen molar-refractivity contribution in [1.82, 2.24) is 5.43 Å². The number of amides is 1. The summed E-state index contributed by atoms with van der Waals surface area (Å²) in [5.74, 6) is 0.431. The summed E-state index contributed by atoms with van der Waals surface area (Å²) in [6.45, 7) is 0. The molecule has 0 aliphatic carbocycles. The highest BCUT2D eigenvalue weighted by atomic mass is 79.9. The van der Waals surface area contributed by atoms with Crippen LogP contribution in [0.4, 0.5) is 0 Å². The maximum Gasteiger partial charge on any atom is 0.271 e. The van der Waals surface area contributed by atoms with Crippen LogP contribution in [-0.4, -0.2) is 19.2 Å². The van der Waals surface area contributed by atoms with E-state index in [1.807, 2.05) is 42.5 Å². The molecular weight excluding hydrogens is 368 g/mol. The molecule has 0 saturated carbocycles. The Balaban J connectivity index is 1.86. The summed E-state index contributed by atoms with van der Waals surface area (Å²) >= 11 is 3.35. The van der Waals surface area contributed by atoms with Crippen molar-refractivity contribution in [3.63, 3.8) is 0 Å². The van der Waals surface area contributed by atoms with Crippen molar-refractivity contribution in [3.05, 3.63) is 76.3 Å². The third-order valence-corrected chi connectivity index (χ3v) is 4.09. The first-order valence-corrected chi connectivity index (χ1v) is 8.13. The second-order valence-corrected chi connectivity index (χ2v) is 6.03. The topological polar surface area (TPSA) is 50.7 Å². The first-order valence-electron chi connectivity index (χ1n) is 7.34. The number of nitrogens with zero attached hydrogens (tertiary/aromatic N) is 1. The number of nitrogens with one attached hydrogen (secondary N) is 1. The highest BCUT2D eigenvalue weighted by molar-refractivity contribution is 9.10. The van der Waals surface area contributed by atoms with Gasteiger partial charge in [0.05, 0.1) is 13.3 Å². The van der Waals surface area contributed by atoms with Gasteiger partial charge in [-0.2, -0.15) is 5.10 Å². The van der Waals surface area contributed by atoms with Gasteiger partial charge in [-0.3, -0.25) is 4.79 Å². The molecule has 0 atom stereocenters. The number of ether oxygens (including phenoxy) is 1. The molecule has 0 heterocycles. The van der Waals surface area contributed by atoms with Crippen LogP contribution in [0.2, 0.25) is 0 Å². The fraction of sp³-hybridized carbons (Fsp3) is 0.0526. The molecule has 4 nitrogen and oxygen atoms in total. The fourth-order valence-electron chi connectivity index (χ4n) is 2.44. The number of methoxy groups -OCH3 is 1. The molecule has 0 aliphatic heterocycles. The minimum absolute atomic E-state index is 0.272. The Morgan fingerprint density at radius 3 is 2.75 bits per heavy atom. The van der Waals surface area contributed by atoms with E-state index in [9.17, 15) is 4.79 Å². The lowest BCUT2D eigenvalue weighted by molar-refractivity contribution is 0.0955. The number of benzene rings is 3. The Morgan fingerprint density at radius 1 is 1.12 bits per heavy atom. The van der Waals surface area contributed by atoms with Crippen molar-refractivity contribution in [3.8, 4) is 5.75 Å². The Kier molecular flexibility index (Phi) is 4.91. The zero-order chi connectivity index (χ0) is 16.9. The van der Waals surface area contributed by atoms with E-state index in [1.165, 1.54) is 0 Å². The van der Waals surface area contributed by atoms with Crippen LogP contribution in [-0.2, 0) is 0 Å². The minimum atomic E-state index is -0.272. The molecule has 3 rings (SSSR count). The maximum atomic E-state index is 12.1. The van der Waals surface area contributed by atoms with E-state index in [2.05, 4.69) is 26.5 Å². The van der Waals surface area contributed by atoms with Gasteiger partial charge in [0.25, 0.3) is 5.91 Å². The van der Waals surface area contributed by atoms with Crippen molar-refractivity contribution < 1.29 is 9.53 Å². The Morgan fingerprint density at radius 2 is 1.96 bits per heavy atom. The van der Waals surface area contributed by atoms with Gasteiger partial charge in [-0.15, -0.1) is 0 Å². The fourth-order valence-corrected chi connectivity index (χ4v) is 2.84. The van der Waals surface area contributed by atoms with Gasteiger partial charge < -0.3 is 4.74 Å². The highest BCUT2D eigenvalue weighted by Gasteiger charge is 2.07. The molecule has 0 bridgehead atoms. The molecule has 0 radical (unpaired) electrons. The van der Waals surface area contributed by atoms with Gasteiger partial charge >= 0.3 is 0 Å². The van der Waals surface area contributed by atoms with Crippen LogP contribution >= 0.6 is 15.9 Å². The van der Waals surface area contributed by atoms with Gasteiger partial charge in [0, 0.05) is 15.6 Å². The number of fused-ring (bicyclic) bond motifs is 1. The summed E-state index contributed by atoms with van der Waals surface area (Å²) in [4.78, 5) is 12.1. The largest absolute Gasteiger partial charge is 0.496 e. The molecule has 5 heteroatoms. The summed E-state index contributed by atoms with van der Waals surface area (Å²) in [5.41, 5.74) is 3.90. The maximum absolute atomic E-state index is 12.1. The molecule has 0 aromatic heterocycles. The molecule has 3 aromatic rings. The Labute approximate surface area is 148 Å². The SMILES string of the molecule is COc1ccc2ccccc2c1/C=N\NC(=O)c1cccc(Br)c1. The first-order chi connectivity index (χ1) is 11.7. The van der Waals surface area contributed by atoms with Gasteiger partial charge in [-0.05, 0) is 35.0 Å². The van der Waals surface area contributed by atoms with E-state index in [0.29, 0.717) is 11.3 Å². The van der Waals surface area contributed by atoms with E-state index in [-0.39, 0.29) is 5.91 Å². The number of carbonyl (C=O) groups excluding carboxylic acids is 1. The van der Waals surface area contributed by atoms with Gasteiger partial charge in [0.2, 0.25) is 0 Å². The second kappa shape index (κ2) is 7.27. The Bertz CT molecular complexity index is 922. The molecule has 0 aliphatic rings. The van der Waals surface area contributed by atoms with E-state index >= 15 is 0 Å². The summed E-state index contributed by atoms with van der Waals surface area (Å²) in [6.07, 6.45) is 1.61. The van der Waals surface area contributed by atoms with Gasteiger partial charge in [-0.1, -0.05) is 52.3 Å². The van der Waals surface area contributed by atoms with E-state index < -0.39 is 0 Å². The molecule has 3 aromatic carbocycles. The van der Waals surface area contributed by atoms with Crippen LogP contribution in [0.25, 0.3) is 10.8 Å². The van der Waals surface area contributed by atoms with Crippen LogP contribution in [0.1, 0.15) is 15.9 Å².